The number of aliphatic hydroxyl groups is 3. The molecular formula is C16H17Br2NO6. The Hall–Kier alpha value is -1.39. The second-order valence-electron chi connectivity index (χ2n) is 5.06. The van der Waals surface area contributed by atoms with E-state index in [0.717, 1.165) is 0 Å². The van der Waals surface area contributed by atoms with E-state index < -0.39 is 12.6 Å². The molecular weight excluding hydrogens is 462 g/mol. The van der Waals surface area contributed by atoms with Crippen molar-refractivity contribution in [1.29, 1.82) is 0 Å². The van der Waals surface area contributed by atoms with Crippen LogP contribution in [0, 0.1) is 0 Å². The predicted molar refractivity (Wildman–Crippen MR) is 96.2 cm³/mol. The fourth-order valence-electron chi connectivity index (χ4n) is 2.61. The Morgan fingerprint density at radius 3 is 2.28 bits per heavy atom. The molecule has 1 heterocycles. The number of carbonyl (C=O) groups excluding carboxylic acids is 1. The van der Waals surface area contributed by atoms with E-state index in [9.17, 15) is 25.3 Å². The van der Waals surface area contributed by atoms with Crippen molar-refractivity contribution in [1.82, 2.24) is 4.73 Å². The Bertz CT molecular complexity index is 803. The molecule has 1 aromatic heterocycles. The normalized spacial score (nSPS) is 11.0. The average Bonchev–Trinajstić information content (AvgIpc) is 2.82. The molecule has 25 heavy (non-hydrogen) atoms. The van der Waals surface area contributed by atoms with Gasteiger partial charge in [0, 0.05) is 5.56 Å². The van der Waals surface area contributed by atoms with Crippen LogP contribution in [0.1, 0.15) is 34.1 Å². The van der Waals surface area contributed by atoms with Crippen molar-refractivity contribution in [2.75, 3.05) is 6.61 Å². The number of hydrogen-bond donors (Lipinski definition) is 4. The Labute approximate surface area is 160 Å². The van der Waals surface area contributed by atoms with Gasteiger partial charge in [-0.2, -0.15) is 4.73 Å². The molecule has 0 saturated carbocycles. The van der Waals surface area contributed by atoms with Gasteiger partial charge in [0.25, 0.3) is 0 Å². The van der Waals surface area contributed by atoms with E-state index in [1.165, 1.54) is 0 Å². The zero-order valence-corrected chi connectivity index (χ0v) is 16.5. The van der Waals surface area contributed by atoms with E-state index in [1.54, 1.807) is 19.1 Å². The van der Waals surface area contributed by atoms with Crippen molar-refractivity contribution < 1.29 is 30.1 Å². The Morgan fingerprint density at radius 1 is 1.12 bits per heavy atom. The van der Waals surface area contributed by atoms with E-state index in [1.807, 2.05) is 0 Å². The maximum atomic E-state index is 12.1. The number of hydrogen-bond acceptors (Lipinski definition) is 6. The Morgan fingerprint density at radius 2 is 1.76 bits per heavy atom. The van der Waals surface area contributed by atoms with Crippen LogP contribution in [-0.2, 0) is 24.6 Å². The van der Waals surface area contributed by atoms with Gasteiger partial charge in [-0.3, -0.25) is 0 Å². The highest BCUT2D eigenvalue weighted by Gasteiger charge is 2.28. The molecule has 0 aliphatic rings. The lowest BCUT2D eigenvalue weighted by Gasteiger charge is -2.15. The molecule has 7 nitrogen and oxygen atoms in total. The SMILES string of the molecule is CCOC(=O)c1c(Br)c(-c2ccc(CO)c(CO)c2CO)c(Br)n1O. The van der Waals surface area contributed by atoms with Crippen LogP contribution in [0.2, 0.25) is 0 Å². The molecule has 1 aromatic carbocycles. The molecule has 0 atom stereocenters. The highest BCUT2D eigenvalue weighted by Crippen LogP contribution is 2.42. The number of ether oxygens (including phenoxy) is 1. The summed E-state index contributed by atoms with van der Waals surface area (Å²) < 4.78 is 6.04. The molecule has 0 aliphatic heterocycles. The summed E-state index contributed by atoms with van der Waals surface area (Å²) in [5.74, 6) is -0.719. The van der Waals surface area contributed by atoms with Gasteiger partial charge in [0.1, 0.15) is 4.60 Å². The monoisotopic (exact) mass is 477 g/mol. The third-order valence-corrected chi connectivity index (χ3v) is 5.29. The number of esters is 1. The first-order valence-corrected chi connectivity index (χ1v) is 8.94. The summed E-state index contributed by atoms with van der Waals surface area (Å²) in [5, 5.41) is 39.0. The van der Waals surface area contributed by atoms with Gasteiger partial charge in [0.05, 0.1) is 30.9 Å². The average molecular weight is 479 g/mol. The molecule has 2 rings (SSSR count). The summed E-state index contributed by atoms with van der Waals surface area (Å²) >= 11 is 6.54. The van der Waals surface area contributed by atoms with Gasteiger partial charge in [0.2, 0.25) is 0 Å². The minimum absolute atomic E-state index is 0.107. The van der Waals surface area contributed by atoms with Gasteiger partial charge in [0.15, 0.2) is 5.69 Å². The van der Waals surface area contributed by atoms with Gasteiger partial charge >= 0.3 is 5.97 Å². The number of rotatable bonds is 6. The number of aliphatic hydroxyl groups excluding tert-OH is 3. The number of benzene rings is 1. The lowest BCUT2D eigenvalue weighted by molar-refractivity contribution is 0.0471. The molecule has 0 bridgehead atoms. The maximum absolute atomic E-state index is 12.1. The molecule has 2 aromatic rings. The summed E-state index contributed by atoms with van der Waals surface area (Å²) in [7, 11) is 0. The molecule has 136 valence electrons. The number of aromatic nitrogens is 1. The Kier molecular flexibility index (Phi) is 6.64. The topological polar surface area (TPSA) is 112 Å². The van der Waals surface area contributed by atoms with Crippen molar-refractivity contribution in [3.05, 3.63) is 43.6 Å². The lowest BCUT2D eigenvalue weighted by atomic mass is 9.93. The van der Waals surface area contributed by atoms with E-state index in [-0.39, 0.29) is 34.6 Å². The van der Waals surface area contributed by atoms with Gasteiger partial charge < -0.3 is 25.3 Å². The van der Waals surface area contributed by atoms with Crippen LogP contribution in [0.5, 0.6) is 0 Å². The summed E-state index contributed by atoms with van der Waals surface area (Å²) in [6.07, 6.45) is 0. The van der Waals surface area contributed by atoms with Crippen LogP contribution in [0.4, 0.5) is 0 Å². The first-order chi connectivity index (χ1) is 11.9. The molecule has 9 heteroatoms. The first-order valence-electron chi connectivity index (χ1n) is 7.35. The molecule has 0 spiro atoms. The van der Waals surface area contributed by atoms with Crippen molar-refractivity contribution in [3.8, 4) is 11.1 Å². The zero-order valence-electron chi connectivity index (χ0n) is 13.3. The molecule has 0 fully saturated rings. The molecule has 4 N–H and O–H groups in total. The van der Waals surface area contributed by atoms with Gasteiger partial charge in [-0.25, -0.2) is 4.79 Å². The maximum Gasteiger partial charge on any atom is 0.359 e. The third-order valence-electron chi connectivity index (χ3n) is 3.78. The number of nitrogens with zero attached hydrogens (tertiary/aromatic N) is 1. The predicted octanol–water partition coefficient (Wildman–Crippen LogP) is 2.57. The van der Waals surface area contributed by atoms with Crippen molar-refractivity contribution >= 4 is 37.8 Å². The summed E-state index contributed by atoms with van der Waals surface area (Å²) in [6.45, 7) is 0.728. The molecule has 0 saturated heterocycles. The van der Waals surface area contributed by atoms with Crippen LogP contribution in [0.3, 0.4) is 0 Å². The third kappa shape index (κ3) is 3.47. The van der Waals surface area contributed by atoms with E-state index in [0.29, 0.717) is 32.5 Å². The highest BCUT2D eigenvalue weighted by atomic mass is 79.9. The van der Waals surface area contributed by atoms with Crippen molar-refractivity contribution in [2.45, 2.75) is 26.7 Å². The highest BCUT2D eigenvalue weighted by molar-refractivity contribution is 9.11. The minimum Gasteiger partial charge on any atom is -0.461 e. The van der Waals surface area contributed by atoms with Crippen LogP contribution < -0.4 is 0 Å². The molecule has 0 aliphatic carbocycles. The molecule has 0 unspecified atom stereocenters. The number of halogens is 2. The fourth-order valence-corrected chi connectivity index (χ4v) is 4.20. The quantitative estimate of drug-likeness (QED) is 0.375. The smallest absolute Gasteiger partial charge is 0.359 e. The van der Waals surface area contributed by atoms with Crippen molar-refractivity contribution in [2.24, 2.45) is 0 Å². The van der Waals surface area contributed by atoms with Crippen molar-refractivity contribution in [3.63, 3.8) is 0 Å². The largest absolute Gasteiger partial charge is 0.461 e. The summed E-state index contributed by atoms with van der Waals surface area (Å²) in [6, 6.07) is 3.24. The second kappa shape index (κ2) is 8.33. The van der Waals surface area contributed by atoms with Crippen LogP contribution in [0.25, 0.3) is 11.1 Å². The summed E-state index contributed by atoms with van der Waals surface area (Å²) in [5.41, 5.74) is 2.05. The first kappa shape index (κ1) is 19.9. The van der Waals surface area contributed by atoms with Gasteiger partial charge in [-0.15, -0.1) is 0 Å². The van der Waals surface area contributed by atoms with Crippen LogP contribution in [-0.4, -0.2) is 37.8 Å². The van der Waals surface area contributed by atoms with Crippen LogP contribution in [0.15, 0.2) is 21.2 Å². The summed E-state index contributed by atoms with van der Waals surface area (Å²) in [4.78, 5) is 12.1. The van der Waals surface area contributed by atoms with E-state index >= 15 is 0 Å². The van der Waals surface area contributed by atoms with Crippen LogP contribution >= 0.6 is 31.9 Å². The molecule has 0 amide bonds. The molecule has 0 radical (unpaired) electrons. The van der Waals surface area contributed by atoms with E-state index in [4.69, 9.17) is 4.74 Å². The van der Waals surface area contributed by atoms with E-state index in [2.05, 4.69) is 31.9 Å². The van der Waals surface area contributed by atoms with Gasteiger partial charge in [-0.1, -0.05) is 12.1 Å². The van der Waals surface area contributed by atoms with Gasteiger partial charge in [-0.05, 0) is 61.0 Å². The fraction of sp³-hybridized carbons (Fsp3) is 0.312. The lowest BCUT2D eigenvalue weighted by Crippen LogP contribution is -2.11. The second-order valence-corrected chi connectivity index (χ2v) is 6.61. The number of carbonyl (C=O) groups is 1. The standard InChI is InChI=1S/C16H17Br2NO6/c1-2-25-16(23)14-13(17)12(15(18)19(14)24)9-4-3-8(5-20)10(6-21)11(9)7-22/h3-4,20-22,24H,2,5-7H2,1H3. The Balaban J connectivity index is 2.76. The minimum atomic E-state index is -0.719. The zero-order chi connectivity index (χ0) is 18.7.